The Bertz CT molecular complexity index is 750. The molecule has 1 aromatic carbocycles. The van der Waals surface area contributed by atoms with E-state index in [1.807, 2.05) is 6.92 Å². The Kier molecular flexibility index (Phi) is 5.59. The van der Waals surface area contributed by atoms with E-state index in [1.54, 1.807) is 30.5 Å². The summed E-state index contributed by atoms with van der Waals surface area (Å²) in [7, 11) is 1.74. The average molecular weight is 381 g/mol. The van der Waals surface area contributed by atoms with Gasteiger partial charge >= 0.3 is 0 Å². The van der Waals surface area contributed by atoms with Gasteiger partial charge in [0.15, 0.2) is 5.96 Å². The summed E-state index contributed by atoms with van der Waals surface area (Å²) in [5.74, 6) is 0.584. The Hall–Kier alpha value is -1.66. The lowest BCUT2D eigenvalue weighted by Gasteiger charge is -2.12. The van der Waals surface area contributed by atoms with E-state index in [0.717, 1.165) is 36.0 Å². The highest BCUT2D eigenvalue weighted by molar-refractivity contribution is 7.11. The van der Waals surface area contributed by atoms with Crippen molar-refractivity contribution in [2.24, 2.45) is 4.99 Å². The van der Waals surface area contributed by atoms with Crippen LogP contribution < -0.4 is 10.6 Å². The molecule has 25 heavy (non-hydrogen) atoms. The lowest BCUT2D eigenvalue weighted by molar-refractivity contribution is 0.608. The zero-order valence-corrected chi connectivity index (χ0v) is 16.1. The maximum Gasteiger partial charge on any atom is 0.191 e. The predicted octanol–water partition coefficient (Wildman–Crippen LogP) is 3.82. The summed E-state index contributed by atoms with van der Waals surface area (Å²) in [5, 5.41) is 8.26. The zero-order valence-electron chi connectivity index (χ0n) is 14.6. The van der Waals surface area contributed by atoms with Crippen LogP contribution in [0.15, 0.2) is 23.2 Å². The predicted molar refractivity (Wildman–Crippen MR) is 102 cm³/mol. The molecule has 2 unspecified atom stereocenters. The first-order valence-electron chi connectivity index (χ1n) is 8.33. The molecule has 0 bridgehead atoms. The van der Waals surface area contributed by atoms with Crippen LogP contribution in [0.2, 0.25) is 5.02 Å². The van der Waals surface area contributed by atoms with Gasteiger partial charge in [-0.1, -0.05) is 17.7 Å². The zero-order chi connectivity index (χ0) is 18.0. The number of aryl methyl sites for hydroxylation is 2. The van der Waals surface area contributed by atoms with E-state index < -0.39 is 0 Å². The van der Waals surface area contributed by atoms with Gasteiger partial charge in [-0.2, -0.15) is 0 Å². The minimum atomic E-state index is -0.237. The van der Waals surface area contributed by atoms with Gasteiger partial charge in [-0.05, 0) is 32.4 Å². The molecule has 7 heteroatoms. The lowest BCUT2D eigenvalue weighted by atomic mass is 10.1. The molecule has 1 fully saturated rings. The van der Waals surface area contributed by atoms with Crippen molar-refractivity contribution in [2.75, 3.05) is 13.6 Å². The van der Waals surface area contributed by atoms with E-state index in [9.17, 15) is 4.39 Å². The van der Waals surface area contributed by atoms with Crippen LogP contribution in [0.3, 0.4) is 0 Å². The largest absolute Gasteiger partial charge is 0.356 e. The number of guanidine groups is 1. The first-order valence-corrected chi connectivity index (χ1v) is 9.53. The smallest absolute Gasteiger partial charge is 0.191 e. The second-order valence-corrected chi connectivity index (χ2v) is 7.92. The van der Waals surface area contributed by atoms with E-state index in [4.69, 9.17) is 11.6 Å². The van der Waals surface area contributed by atoms with Crippen LogP contribution in [-0.4, -0.2) is 30.6 Å². The van der Waals surface area contributed by atoms with Gasteiger partial charge in [-0.15, -0.1) is 11.3 Å². The van der Waals surface area contributed by atoms with Crippen molar-refractivity contribution >= 4 is 28.9 Å². The topological polar surface area (TPSA) is 49.3 Å². The third kappa shape index (κ3) is 4.30. The van der Waals surface area contributed by atoms with Gasteiger partial charge in [0, 0.05) is 47.4 Å². The van der Waals surface area contributed by atoms with Crippen molar-refractivity contribution < 1.29 is 4.39 Å². The SMILES string of the molecule is CN=C(NCCc1nc(C)c(C)s1)NC1CC1c1c(F)cccc1Cl. The molecule has 1 aliphatic carbocycles. The summed E-state index contributed by atoms with van der Waals surface area (Å²) in [6.07, 6.45) is 1.71. The van der Waals surface area contributed by atoms with Crippen LogP contribution in [0, 0.1) is 19.7 Å². The Morgan fingerprint density at radius 1 is 1.44 bits per heavy atom. The number of rotatable bonds is 5. The number of nitrogens with one attached hydrogen (secondary N) is 2. The quantitative estimate of drug-likeness (QED) is 0.612. The Morgan fingerprint density at radius 3 is 2.88 bits per heavy atom. The monoisotopic (exact) mass is 380 g/mol. The number of aliphatic imine (C=N–C) groups is 1. The molecule has 2 aromatic rings. The summed E-state index contributed by atoms with van der Waals surface area (Å²) < 4.78 is 14.0. The molecule has 0 radical (unpaired) electrons. The number of hydrogen-bond donors (Lipinski definition) is 2. The molecule has 1 heterocycles. The number of benzene rings is 1. The molecule has 2 N–H and O–H groups in total. The van der Waals surface area contributed by atoms with Crippen molar-refractivity contribution in [3.63, 3.8) is 0 Å². The van der Waals surface area contributed by atoms with E-state index in [1.165, 1.54) is 10.9 Å². The average Bonchev–Trinajstić information content (AvgIpc) is 3.23. The summed E-state index contributed by atoms with van der Waals surface area (Å²) in [5.41, 5.74) is 1.70. The van der Waals surface area contributed by atoms with Gasteiger partial charge in [0.05, 0.1) is 10.7 Å². The lowest BCUT2D eigenvalue weighted by Crippen LogP contribution is -2.40. The first-order chi connectivity index (χ1) is 12.0. The van der Waals surface area contributed by atoms with E-state index in [2.05, 4.69) is 27.5 Å². The molecule has 0 amide bonds. The second-order valence-electron chi connectivity index (χ2n) is 6.23. The molecule has 3 rings (SSSR count). The standard InChI is InChI=1S/C18H22ClFN4S/c1-10-11(2)25-16(23-10)7-8-22-18(21-3)24-15-9-12(15)17-13(19)5-4-6-14(17)20/h4-6,12,15H,7-9H2,1-3H3,(H2,21,22,24). The number of thiazole rings is 1. The van der Waals surface area contributed by atoms with Crippen molar-refractivity contribution in [3.8, 4) is 0 Å². The molecule has 0 saturated heterocycles. The number of aromatic nitrogens is 1. The second kappa shape index (κ2) is 7.70. The van der Waals surface area contributed by atoms with E-state index in [0.29, 0.717) is 10.6 Å². The highest BCUT2D eigenvalue weighted by Gasteiger charge is 2.41. The first kappa shape index (κ1) is 18.1. The number of hydrogen-bond acceptors (Lipinski definition) is 3. The molecule has 1 aliphatic rings. The van der Waals surface area contributed by atoms with Crippen molar-refractivity contribution in [1.82, 2.24) is 15.6 Å². The van der Waals surface area contributed by atoms with E-state index in [-0.39, 0.29) is 17.8 Å². The highest BCUT2D eigenvalue weighted by Crippen LogP contribution is 2.44. The molecule has 2 atom stereocenters. The maximum atomic E-state index is 14.0. The number of halogens is 2. The minimum absolute atomic E-state index is 0.0940. The normalized spacial score (nSPS) is 19.8. The van der Waals surface area contributed by atoms with Gasteiger partial charge in [0.1, 0.15) is 5.82 Å². The Labute approximate surface area is 156 Å². The van der Waals surface area contributed by atoms with Gasteiger partial charge in [-0.25, -0.2) is 9.37 Å². The van der Waals surface area contributed by atoms with Crippen LogP contribution in [0.25, 0.3) is 0 Å². The molecule has 1 aromatic heterocycles. The summed E-state index contributed by atoms with van der Waals surface area (Å²) in [6, 6.07) is 4.99. The maximum absolute atomic E-state index is 14.0. The minimum Gasteiger partial charge on any atom is -0.356 e. The molecular weight excluding hydrogens is 359 g/mol. The highest BCUT2D eigenvalue weighted by atomic mass is 35.5. The fraction of sp³-hybridized carbons (Fsp3) is 0.444. The number of nitrogens with zero attached hydrogens (tertiary/aromatic N) is 2. The third-order valence-corrected chi connectivity index (χ3v) is 5.87. The van der Waals surface area contributed by atoms with Crippen LogP contribution in [0.5, 0.6) is 0 Å². The van der Waals surface area contributed by atoms with E-state index >= 15 is 0 Å². The molecule has 4 nitrogen and oxygen atoms in total. The molecular formula is C18H22ClFN4S. The van der Waals surface area contributed by atoms with Crippen molar-refractivity contribution in [3.05, 3.63) is 50.2 Å². The van der Waals surface area contributed by atoms with Gasteiger partial charge < -0.3 is 10.6 Å². The van der Waals surface area contributed by atoms with Gasteiger partial charge in [-0.3, -0.25) is 4.99 Å². The third-order valence-electron chi connectivity index (χ3n) is 4.41. The molecule has 0 aliphatic heterocycles. The van der Waals surface area contributed by atoms with Crippen LogP contribution in [-0.2, 0) is 6.42 Å². The summed E-state index contributed by atoms with van der Waals surface area (Å²) in [6.45, 7) is 4.87. The van der Waals surface area contributed by atoms with Crippen molar-refractivity contribution in [2.45, 2.75) is 38.6 Å². The summed E-state index contributed by atoms with van der Waals surface area (Å²) >= 11 is 7.88. The molecule has 134 valence electrons. The Balaban J connectivity index is 1.50. The van der Waals surface area contributed by atoms with Crippen LogP contribution in [0.4, 0.5) is 4.39 Å². The Morgan fingerprint density at radius 2 is 2.24 bits per heavy atom. The van der Waals surface area contributed by atoms with Gasteiger partial charge in [0.25, 0.3) is 0 Å². The molecule has 0 spiro atoms. The van der Waals surface area contributed by atoms with Crippen molar-refractivity contribution in [1.29, 1.82) is 0 Å². The van der Waals surface area contributed by atoms with Gasteiger partial charge in [0.2, 0.25) is 0 Å². The van der Waals surface area contributed by atoms with Crippen LogP contribution in [0.1, 0.15) is 33.5 Å². The molecule has 1 saturated carbocycles. The van der Waals surface area contributed by atoms with Crippen LogP contribution >= 0.6 is 22.9 Å². The summed E-state index contributed by atoms with van der Waals surface area (Å²) in [4.78, 5) is 10.0. The fourth-order valence-electron chi connectivity index (χ4n) is 2.84. The fourth-order valence-corrected chi connectivity index (χ4v) is 4.08.